The molecule has 5 rings (SSSR count). The zero-order valence-electron chi connectivity index (χ0n) is 14.9. The summed E-state index contributed by atoms with van der Waals surface area (Å²) >= 11 is 0. The van der Waals surface area contributed by atoms with E-state index < -0.39 is 6.10 Å². The van der Waals surface area contributed by atoms with Gasteiger partial charge in [-0.15, -0.1) is 0 Å². The van der Waals surface area contributed by atoms with E-state index in [1.54, 1.807) is 0 Å². The molecule has 2 aliphatic rings. The Labute approximate surface area is 157 Å². The van der Waals surface area contributed by atoms with Crippen LogP contribution in [0.4, 0.5) is 0 Å². The predicted molar refractivity (Wildman–Crippen MR) is 101 cm³/mol. The van der Waals surface area contributed by atoms with Crippen molar-refractivity contribution < 1.29 is 14.3 Å². The molecule has 0 saturated carbocycles. The number of H-pyrrole nitrogens is 1. The van der Waals surface area contributed by atoms with Gasteiger partial charge in [-0.25, -0.2) is 4.98 Å². The Morgan fingerprint density at radius 2 is 1.78 bits per heavy atom. The lowest BCUT2D eigenvalue weighted by Crippen LogP contribution is -2.48. The molecule has 138 valence electrons. The highest BCUT2D eigenvalue weighted by Gasteiger charge is 2.33. The van der Waals surface area contributed by atoms with Crippen LogP contribution in [0.2, 0.25) is 0 Å². The molecular weight excluding hydrogens is 342 g/mol. The summed E-state index contributed by atoms with van der Waals surface area (Å²) in [6.07, 6.45) is 1.23. The third-order valence-electron chi connectivity index (χ3n) is 5.39. The molecule has 0 spiro atoms. The number of piperidine rings is 1. The highest BCUT2D eigenvalue weighted by Crippen LogP contribution is 2.32. The van der Waals surface area contributed by atoms with Gasteiger partial charge in [0.2, 0.25) is 6.10 Å². The van der Waals surface area contributed by atoms with Crippen LogP contribution in [0.15, 0.2) is 48.5 Å². The number of benzene rings is 2. The highest BCUT2D eigenvalue weighted by molar-refractivity contribution is 5.82. The van der Waals surface area contributed by atoms with Gasteiger partial charge in [0.15, 0.2) is 11.5 Å². The molecule has 0 radical (unpaired) electrons. The third kappa shape index (κ3) is 3.01. The summed E-state index contributed by atoms with van der Waals surface area (Å²) in [4.78, 5) is 22.9. The molecule has 1 atom stereocenters. The SMILES string of the molecule is O=C(C1COc2ccccc2O1)N1CCC(c2nc3ccccc3[nH]2)CC1. The van der Waals surface area contributed by atoms with E-state index in [-0.39, 0.29) is 12.5 Å². The average molecular weight is 363 g/mol. The molecule has 6 heteroatoms. The molecule has 1 unspecified atom stereocenters. The number of carbonyl (C=O) groups excluding carboxylic acids is 1. The first-order chi connectivity index (χ1) is 13.3. The molecule has 0 bridgehead atoms. The van der Waals surface area contributed by atoms with E-state index in [9.17, 15) is 4.79 Å². The summed E-state index contributed by atoms with van der Waals surface area (Å²) in [6, 6.07) is 15.5. The van der Waals surface area contributed by atoms with Crippen molar-refractivity contribution in [1.82, 2.24) is 14.9 Å². The minimum atomic E-state index is -0.567. The van der Waals surface area contributed by atoms with E-state index in [1.807, 2.05) is 53.4 Å². The Balaban J connectivity index is 1.23. The van der Waals surface area contributed by atoms with Crippen molar-refractivity contribution in [2.24, 2.45) is 0 Å². The van der Waals surface area contributed by atoms with Crippen LogP contribution in [-0.4, -0.2) is 46.6 Å². The first-order valence-electron chi connectivity index (χ1n) is 9.40. The molecule has 0 aliphatic carbocycles. The largest absolute Gasteiger partial charge is 0.485 e. The van der Waals surface area contributed by atoms with Gasteiger partial charge in [0, 0.05) is 19.0 Å². The molecule has 27 heavy (non-hydrogen) atoms. The van der Waals surface area contributed by atoms with Crippen LogP contribution < -0.4 is 9.47 Å². The van der Waals surface area contributed by atoms with E-state index in [0.717, 1.165) is 29.7 Å². The van der Waals surface area contributed by atoms with Crippen LogP contribution >= 0.6 is 0 Å². The van der Waals surface area contributed by atoms with Crippen LogP contribution in [0.3, 0.4) is 0 Å². The standard InChI is InChI=1S/C21H21N3O3/c25-21(19-13-26-17-7-3-4-8-18(17)27-19)24-11-9-14(10-12-24)20-22-15-5-1-2-6-16(15)23-20/h1-8,14,19H,9-13H2,(H,22,23). The number of nitrogens with zero attached hydrogens (tertiary/aromatic N) is 2. The minimum Gasteiger partial charge on any atom is -0.485 e. The normalized spacial score (nSPS) is 20.0. The Morgan fingerprint density at radius 1 is 1.04 bits per heavy atom. The number of rotatable bonds is 2. The number of ether oxygens (including phenoxy) is 2. The third-order valence-corrected chi connectivity index (χ3v) is 5.39. The van der Waals surface area contributed by atoms with Crippen LogP contribution in [-0.2, 0) is 4.79 Å². The Morgan fingerprint density at radius 3 is 2.59 bits per heavy atom. The summed E-state index contributed by atoms with van der Waals surface area (Å²) in [6.45, 7) is 1.68. The molecule has 3 heterocycles. The lowest BCUT2D eigenvalue weighted by Gasteiger charge is -2.34. The molecule has 2 aliphatic heterocycles. The summed E-state index contributed by atoms with van der Waals surface area (Å²) < 4.78 is 11.5. The summed E-state index contributed by atoms with van der Waals surface area (Å²) in [5, 5.41) is 0. The maximum Gasteiger partial charge on any atom is 0.267 e. The van der Waals surface area contributed by atoms with E-state index in [4.69, 9.17) is 14.5 Å². The highest BCUT2D eigenvalue weighted by atomic mass is 16.6. The Hall–Kier alpha value is -3.02. The molecule has 1 N–H and O–H groups in total. The van der Waals surface area contributed by atoms with Crippen molar-refractivity contribution in [3.8, 4) is 11.5 Å². The smallest absolute Gasteiger partial charge is 0.267 e. The number of imidazole rings is 1. The van der Waals surface area contributed by atoms with E-state index in [0.29, 0.717) is 30.5 Å². The van der Waals surface area contributed by atoms with Gasteiger partial charge in [0.25, 0.3) is 5.91 Å². The van der Waals surface area contributed by atoms with Crippen molar-refractivity contribution in [2.75, 3.05) is 19.7 Å². The second-order valence-electron chi connectivity index (χ2n) is 7.10. The molecule has 1 aromatic heterocycles. The second kappa shape index (κ2) is 6.61. The minimum absolute atomic E-state index is 0.00700. The lowest BCUT2D eigenvalue weighted by atomic mass is 9.96. The summed E-state index contributed by atoms with van der Waals surface area (Å²) in [5.41, 5.74) is 2.06. The van der Waals surface area contributed by atoms with Gasteiger partial charge < -0.3 is 19.4 Å². The zero-order chi connectivity index (χ0) is 18.2. The van der Waals surface area contributed by atoms with Crippen molar-refractivity contribution in [2.45, 2.75) is 24.9 Å². The van der Waals surface area contributed by atoms with Crippen molar-refractivity contribution in [3.63, 3.8) is 0 Å². The monoisotopic (exact) mass is 363 g/mol. The molecule has 3 aromatic rings. The summed E-state index contributed by atoms with van der Waals surface area (Å²) in [7, 11) is 0. The van der Waals surface area contributed by atoms with Gasteiger partial charge in [-0.2, -0.15) is 0 Å². The fourth-order valence-electron chi connectivity index (χ4n) is 3.88. The number of fused-ring (bicyclic) bond motifs is 2. The number of para-hydroxylation sites is 4. The second-order valence-corrected chi connectivity index (χ2v) is 7.10. The van der Waals surface area contributed by atoms with E-state index >= 15 is 0 Å². The quantitative estimate of drug-likeness (QED) is 0.760. The number of carbonyl (C=O) groups is 1. The predicted octanol–water partition coefficient (Wildman–Crippen LogP) is 3.11. The number of hydrogen-bond acceptors (Lipinski definition) is 4. The molecule has 1 fully saturated rings. The number of aromatic amines is 1. The number of hydrogen-bond donors (Lipinski definition) is 1. The van der Waals surface area contributed by atoms with Crippen LogP contribution in [0.1, 0.15) is 24.6 Å². The average Bonchev–Trinajstić information content (AvgIpc) is 3.17. The van der Waals surface area contributed by atoms with Gasteiger partial charge >= 0.3 is 0 Å². The fourth-order valence-corrected chi connectivity index (χ4v) is 3.88. The number of amides is 1. The van der Waals surface area contributed by atoms with Crippen LogP contribution in [0, 0.1) is 0 Å². The van der Waals surface area contributed by atoms with Gasteiger partial charge in [-0.1, -0.05) is 24.3 Å². The van der Waals surface area contributed by atoms with Gasteiger partial charge in [0.05, 0.1) is 11.0 Å². The lowest BCUT2D eigenvalue weighted by molar-refractivity contribution is -0.142. The number of nitrogens with one attached hydrogen (secondary N) is 1. The fraction of sp³-hybridized carbons (Fsp3) is 0.333. The first-order valence-corrected chi connectivity index (χ1v) is 9.40. The topological polar surface area (TPSA) is 67.5 Å². The maximum absolute atomic E-state index is 12.8. The maximum atomic E-state index is 12.8. The zero-order valence-corrected chi connectivity index (χ0v) is 14.9. The first kappa shape index (κ1) is 16.2. The molecule has 6 nitrogen and oxygen atoms in total. The number of aromatic nitrogens is 2. The number of likely N-dealkylation sites (tertiary alicyclic amines) is 1. The van der Waals surface area contributed by atoms with Gasteiger partial charge in [-0.05, 0) is 37.1 Å². The summed E-state index contributed by atoms with van der Waals surface area (Å²) in [5.74, 6) is 2.72. The molecule has 1 amide bonds. The van der Waals surface area contributed by atoms with Gasteiger partial charge in [-0.3, -0.25) is 4.79 Å². The van der Waals surface area contributed by atoms with Crippen molar-refractivity contribution in [1.29, 1.82) is 0 Å². The Kier molecular flexibility index (Phi) is 3.96. The van der Waals surface area contributed by atoms with Crippen molar-refractivity contribution >= 4 is 16.9 Å². The van der Waals surface area contributed by atoms with Crippen LogP contribution in [0.5, 0.6) is 11.5 Å². The Bertz CT molecular complexity index is 942. The molecule has 2 aromatic carbocycles. The van der Waals surface area contributed by atoms with E-state index in [2.05, 4.69) is 4.98 Å². The van der Waals surface area contributed by atoms with Gasteiger partial charge in [0.1, 0.15) is 12.4 Å². The molecular formula is C21H21N3O3. The van der Waals surface area contributed by atoms with Crippen LogP contribution in [0.25, 0.3) is 11.0 Å². The van der Waals surface area contributed by atoms with E-state index in [1.165, 1.54) is 0 Å². The van der Waals surface area contributed by atoms with Crippen molar-refractivity contribution in [3.05, 3.63) is 54.4 Å². The molecule has 1 saturated heterocycles.